The minimum Gasteiger partial charge on any atom is -0.357 e. The maximum Gasteiger partial charge on any atom is 0.246 e. The van der Waals surface area contributed by atoms with Gasteiger partial charge in [0.1, 0.15) is 6.04 Å². The quantitative estimate of drug-likeness (QED) is 0.674. The SMILES string of the molecule is CNCCC(=O)NC(C(=O)NC)c1ccccc1. The van der Waals surface area contributed by atoms with Gasteiger partial charge >= 0.3 is 0 Å². The zero-order valence-electron chi connectivity index (χ0n) is 10.7. The van der Waals surface area contributed by atoms with Crippen LogP contribution >= 0.6 is 0 Å². The second kappa shape index (κ2) is 7.45. The maximum atomic E-state index is 11.8. The molecule has 0 aromatic heterocycles. The van der Waals surface area contributed by atoms with Gasteiger partial charge in [-0.3, -0.25) is 9.59 Å². The van der Waals surface area contributed by atoms with Crippen molar-refractivity contribution in [2.75, 3.05) is 20.6 Å². The number of carbonyl (C=O) groups is 2. The molecule has 1 aromatic carbocycles. The van der Waals surface area contributed by atoms with Crippen molar-refractivity contribution in [3.63, 3.8) is 0 Å². The normalized spacial score (nSPS) is 11.7. The smallest absolute Gasteiger partial charge is 0.246 e. The molecule has 3 N–H and O–H groups in total. The molecule has 0 heterocycles. The number of hydrogen-bond donors (Lipinski definition) is 3. The van der Waals surface area contributed by atoms with Crippen molar-refractivity contribution in [2.24, 2.45) is 0 Å². The number of hydrogen-bond acceptors (Lipinski definition) is 3. The monoisotopic (exact) mass is 249 g/mol. The van der Waals surface area contributed by atoms with Crippen LogP contribution in [0, 0.1) is 0 Å². The molecule has 5 nitrogen and oxygen atoms in total. The van der Waals surface area contributed by atoms with E-state index in [1.165, 1.54) is 0 Å². The summed E-state index contributed by atoms with van der Waals surface area (Å²) in [5, 5.41) is 8.18. The summed E-state index contributed by atoms with van der Waals surface area (Å²) < 4.78 is 0. The number of carbonyl (C=O) groups excluding carboxylic acids is 2. The zero-order chi connectivity index (χ0) is 13.4. The first-order chi connectivity index (χ1) is 8.69. The first kappa shape index (κ1) is 14.2. The minimum atomic E-state index is -0.638. The molecule has 0 bridgehead atoms. The fourth-order valence-electron chi connectivity index (χ4n) is 1.56. The molecule has 5 heteroatoms. The molecular weight excluding hydrogens is 230 g/mol. The molecule has 1 aromatic rings. The van der Waals surface area contributed by atoms with Crippen LogP contribution in [-0.4, -0.2) is 32.5 Å². The summed E-state index contributed by atoms with van der Waals surface area (Å²) in [4.78, 5) is 23.5. The molecule has 1 rings (SSSR count). The Morgan fingerprint density at radius 3 is 2.39 bits per heavy atom. The van der Waals surface area contributed by atoms with Crippen molar-refractivity contribution in [1.29, 1.82) is 0 Å². The van der Waals surface area contributed by atoms with Gasteiger partial charge in [-0.1, -0.05) is 30.3 Å². The van der Waals surface area contributed by atoms with Gasteiger partial charge in [0.2, 0.25) is 11.8 Å². The third kappa shape index (κ3) is 4.18. The third-order valence-electron chi connectivity index (χ3n) is 2.55. The second-order valence-electron chi connectivity index (χ2n) is 3.88. The Bertz CT molecular complexity index is 392. The number of benzene rings is 1. The number of rotatable bonds is 6. The minimum absolute atomic E-state index is 0.151. The Morgan fingerprint density at radius 2 is 1.83 bits per heavy atom. The number of amides is 2. The van der Waals surface area contributed by atoms with Crippen LogP contribution in [0.15, 0.2) is 30.3 Å². The molecule has 18 heavy (non-hydrogen) atoms. The number of likely N-dealkylation sites (N-methyl/N-ethyl adjacent to an activating group) is 1. The average Bonchev–Trinajstić information content (AvgIpc) is 2.42. The van der Waals surface area contributed by atoms with Crippen LogP contribution in [0.3, 0.4) is 0 Å². The van der Waals surface area contributed by atoms with Crippen LogP contribution in [0.5, 0.6) is 0 Å². The van der Waals surface area contributed by atoms with E-state index in [0.717, 1.165) is 5.56 Å². The molecule has 0 fully saturated rings. The molecule has 0 aliphatic carbocycles. The molecule has 1 unspecified atom stereocenters. The van der Waals surface area contributed by atoms with Gasteiger partial charge in [-0.2, -0.15) is 0 Å². The van der Waals surface area contributed by atoms with Gasteiger partial charge in [0.25, 0.3) is 0 Å². The molecule has 2 amide bonds. The Hall–Kier alpha value is -1.88. The molecule has 98 valence electrons. The predicted octanol–water partition coefficient (Wildman–Crippen LogP) is 0.199. The van der Waals surface area contributed by atoms with E-state index in [9.17, 15) is 9.59 Å². The van der Waals surface area contributed by atoms with Crippen LogP contribution in [0.1, 0.15) is 18.0 Å². The highest BCUT2D eigenvalue weighted by Crippen LogP contribution is 2.12. The van der Waals surface area contributed by atoms with Crippen LogP contribution in [0.4, 0.5) is 0 Å². The lowest BCUT2D eigenvalue weighted by atomic mass is 10.1. The summed E-state index contributed by atoms with van der Waals surface area (Å²) in [5.74, 6) is -0.374. The fourth-order valence-corrected chi connectivity index (χ4v) is 1.56. The summed E-state index contributed by atoms with van der Waals surface area (Å²) in [6, 6.07) is 8.54. The lowest BCUT2D eigenvalue weighted by molar-refractivity contribution is -0.128. The van der Waals surface area contributed by atoms with Gasteiger partial charge in [0, 0.05) is 20.0 Å². The van der Waals surface area contributed by atoms with Crippen molar-refractivity contribution in [2.45, 2.75) is 12.5 Å². The molecule has 0 aliphatic heterocycles. The highest BCUT2D eigenvalue weighted by molar-refractivity contribution is 5.88. The van der Waals surface area contributed by atoms with Gasteiger partial charge < -0.3 is 16.0 Å². The van der Waals surface area contributed by atoms with Crippen LogP contribution < -0.4 is 16.0 Å². The molecule has 0 saturated carbocycles. The van der Waals surface area contributed by atoms with Crippen molar-refractivity contribution < 1.29 is 9.59 Å². The van der Waals surface area contributed by atoms with Gasteiger partial charge in [-0.25, -0.2) is 0 Å². The van der Waals surface area contributed by atoms with E-state index in [-0.39, 0.29) is 11.8 Å². The van der Waals surface area contributed by atoms with Gasteiger partial charge in [0.05, 0.1) is 0 Å². The zero-order valence-corrected chi connectivity index (χ0v) is 10.7. The summed E-state index contributed by atoms with van der Waals surface area (Å²) in [7, 11) is 3.33. The van der Waals surface area contributed by atoms with Crippen LogP contribution in [0.25, 0.3) is 0 Å². The summed E-state index contributed by atoms with van der Waals surface area (Å²) in [5.41, 5.74) is 0.773. The third-order valence-corrected chi connectivity index (χ3v) is 2.55. The van der Waals surface area contributed by atoms with Gasteiger partial charge in [-0.05, 0) is 12.6 Å². The first-order valence-electron chi connectivity index (χ1n) is 5.89. The number of nitrogens with one attached hydrogen (secondary N) is 3. The molecule has 0 aliphatic rings. The van der Waals surface area contributed by atoms with Crippen molar-refractivity contribution in [1.82, 2.24) is 16.0 Å². The maximum absolute atomic E-state index is 11.8. The van der Waals surface area contributed by atoms with Crippen LogP contribution in [-0.2, 0) is 9.59 Å². The Labute approximate surface area is 107 Å². The van der Waals surface area contributed by atoms with Crippen molar-refractivity contribution >= 4 is 11.8 Å². The predicted molar refractivity (Wildman–Crippen MR) is 69.9 cm³/mol. The Kier molecular flexibility index (Phi) is 5.87. The summed E-state index contributed by atoms with van der Waals surface area (Å²) in [6.07, 6.45) is 0.344. The Morgan fingerprint density at radius 1 is 1.17 bits per heavy atom. The highest BCUT2D eigenvalue weighted by Gasteiger charge is 2.20. The molecule has 0 radical (unpaired) electrons. The topological polar surface area (TPSA) is 70.2 Å². The van der Waals surface area contributed by atoms with E-state index in [2.05, 4.69) is 16.0 Å². The summed E-state index contributed by atoms with van der Waals surface area (Å²) in [6.45, 7) is 0.584. The molecule has 0 saturated heterocycles. The van der Waals surface area contributed by atoms with E-state index in [1.807, 2.05) is 30.3 Å². The second-order valence-corrected chi connectivity index (χ2v) is 3.88. The fraction of sp³-hybridized carbons (Fsp3) is 0.385. The van der Waals surface area contributed by atoms with Crippen LogP contribution in [0.2, 0.25) is 0 Å². The van der Waals surface area contributed by atoms with Crippen molar-refractivity contribution in [3.8, 4) is 0 Å². The van der Waals surface area contributed by atoms with E-state index in [4.69, 9.17) is 0 Å². The first-order valence-corrected chi connectivity index (χ1v) is 5.89. The summed E-state index contributed by atoms with van der Waals surface area (Å²) >= 11 is 0. The van der Waals surface area contributed by atoms with Crippen molar-refractivity contribution in [3.05, 3.63) is 35.9 Å². The average molecular weight is 249 g/mol. The van der Waals surface area contributed by atoms with E-state index in [0.29, 0.717) is 13.0 Å². The van der Waals surface area contributed by atoms with E-state index >= 15 is 0 Å². The highest BCUT2D eigenvalue weighted by atomic mass is 16.2. The van der Waals surface area contributed by atoms with E-state index < -0.39 is 6.04 Å². The Balaban J connectivity index is 2.74. The van der Waals surface area contributed by atoms with Gasteiger partial charge in [0.15, 0.2) is 0 Å². The lowest BCUT2D eigenvalue weighted by Gasteiger charge is -2.17. The standard InChI is InChI=1S/C13H19N3O2/c1-14-9-8-11(17)16-12(13(18)15-2)10-6-4-3-5-7-10/h3-7,12,14H,8-9H2,1-2H3,(H,15,18)(H,16,17). The lowest BCUT2D eigenvalue weighted by Crippen LogP contribution is -2.39. The van der Waals surface area contributed by atoms with Gasteiger partial charge in [-0.15, -0.1) is 0 Å². The molecule has 0 spiro atoms. The van der Waals surface area contributed by atoms with E-state index in [1.54, 1.807) is 14.1 Å². The largest absolute Gasteiger partial charge is 0.357 e. The molecular formula is C13H19N3O2. The molecule has 1 atom stereocenters.